The number of nitrogens with zero attached hydrogens (tertiary/aromatic N) is 3. The van der Waals surface area contributed by atoms with Crippen molar-refractivity contribution in [2.75, 3.05) is 27.5 Å². The minimum Gasteiger partial charge on any atom is -0.497 e. The van der Waals surface area contributed by atoms with Crippen LogP contribution < -0.4 is 14.2 Å². The van der Waals surface area contributed by atoms with Gasteiger partial charge in [0.15, 0.2) is 5.16 Å². The first kappa shape index (κ1) is 23.4. The third-order valence-electron chi connectivity index (χ3n) is 4.49. The second kappa shape index (κ2) is 10.8. The Morgan fingerprint density at radius 2 is 1.78 bits per heavy atom. The maximum atomic E-state index is 12.9. The van der Waals surface area contributed by atoms with Crippen LogP contribution in [0.5, 0.6) is 23.1 Å². The molecule has 32 heavy (non-hydrogen) atoms. The predicted molar refractivity (Wildman–Crippen MR) is 121 cm³/mol. The topological polar surface area (TPSA) is 83.0 Å². The molecule has 168 valence electrons. The van der Waals surface area contributed by atoms with E-state index < -0.39 is 5.97 Å². The number of hydrogen-bond acceptors (Lipinski definition) is 9. The molecule has 0 radical (unpaired) electrons. The van der Waals surface area contributed by atoms with Crippen LogP contribution in [0, 0.1) is 6.92 Å². The second-order valence-corrected chi connectivity index (χ2v) is 7.60. The van der Waals surface area contributed by atoms with Crippen LogP contribution in [0.1, 0.15) is 21.5 Å². The minimum atomic E-state index is -0.626. The Morgan fingerprint density at radius 3 is 2.41 bits per heavy atom. The normalized spacial score (nSPS) is 10.7. The molecule has 1 heterocycles. The van der Waals surface area contributed by atoms with Gasteiger partial charge >= 0.3 is 5.97 Å². The van der Waals surface area contributed by atoms with Crippen LogP contribution >= 0.6 is 11.8 Å². The van der Waals surface area contributed by atoms with Gasteiger partial charge in [-0.2, -0.15) is 4.98 Å². The van der Waals surface area contributed by atoms with E-state index >= 15 is 0 Å². The van der Waals surface area contributed by atoms with Crippen LogP contribution in [0.3, 0.4) is 0 Å². The van der Waals surface area contributed by atoms with Gasteiger partial charge in [0.1, 0.15) is 22.8 Å². The van der Waals surface area contributed by atoms with Crippen molar-refractivity contribution in [2.45, 2.75) is 18.6 Å². The SMILES string of the molecule is COc1cc(CN(C)OC(=O)c2cnc(SC)nc2Oc2ccccc2C)cc(OC)c1. The summed E-state index contributed by atoms with van der Waals surface area (Å²) in [6.45, 7) is 2.23. The molecule has 0 spiro atoms. The van der Waals surface area contributed by atoms with Crippen LogP contribution in [-0.4, -0.2) is 48.5 Å². The summed E-state index contributed by atoms with van der Waals surface area (Å²) in [5.41, 5.74) is 1.89. The molecule has 0 aliphatic rings. The summed E-state index contributed by atoms with van der Waals surface area (Å²) in [6.07, 6.45) is 3.26. The quantitative estimate of drug-likeness (QED) is 0.263. The van der Waals surface area contributed by atoms with Crippen LogP contribution in [-0.2, 0) is 11.4 Å². The zero-order valence-corrected chi connectivity index (χ0v) is 19.4. The molecule has 0 atom stereocenters. The number of hydrogen-bond donors (Lipinski definition) is 0. The van der Waals surface area contributed by atoms with Gasteiger partial charge in [0, 0.05) is 13.1 Å². The standard InChI is InChI=1S/C23H25N3O5S/c1-15-8-6-7-9-20(15)30-21-19(13-24-23(25-21)32-5)22(27)31-26(2)14-16-10-17(28-3)12-18(11-16)29-4/h6-13H,14H2,1-5H3. The van der Waals surface area contributed by atoms with Gasteiger partial charge in [-0.15, -0.1) is 5.06 Å². The van der Waals surface area contributed by atoms with E-state index in [0.717, 1.165) is 11.1 Å². The Morgan fingerprint density at radius 1 is 1.09 bits per heavy atom. The monoisotopic (exact) mass is 455 g/mol. The van der Waals surface area contributed by atoms with Crippen LogP contribution in [0.25, 0.3) is 0 Å². The van der Waals surface area contributed by atoms with E-state index in [9.17, 15) is 4.79 Å². The van der Waals surface area contributed by atoms with Crippen molar-refractivity contribution in [3.8, 4) is 23.1 Å². The Balaban J connectivity index is 1.79. The zero-order chi connectivity index (χ0) is 23.1. The maximum Gasteiger partial charge on any atom is 0.364 e. The summed E-state index contributed by atoms with van der Waals surface area (Å²) in [5, 5.41) is 1.90. The third kappa shape index (κ3) is 5.89. The van der Waals surface area contributed by atoms with E-state index in [4.69, 9.17) is 19.0 Å². The summed E-state index contributed by atoms with van der Waals surface area (Å²) in [7, 11) is 4.82. The fraction of sp³-hybridized carbons (Fsp3) is 0.261. The second-order valence-electron chi connectivity index (χ2n) is 6.83. The molecule has 8 nitrogen and oxygen atoms in total. The summed E-state index contributed by atoms with van der Waals surface area (Å²) in [4.78, 5) is 27.0. The highest BCUT2D eigenvalue weighted by molar-refractivity contribution is 7.98. The molecule has 3 rings (SSSR count). The van der Waals surface area contributed by atoms with Gasteiger partial charge < -0.3 is 19.0 Å². The van der Waals surface area contributed by atoms with Crippen molar-refractivity contribution in [3.05, 3.63) is 65.4 Å². The van der Waals surface area contributed by atoms with E-state index in [2.05, 4.69) is 9.97 Å². The van der Waals surface area contributed by atoms with E-state index in [-0.39, 0.29) is 11.4 Å². The molecular weight excluding hydrogens is 430 g/mol. The number of hydroxylamine groups is 2. The number of aromatic nitrogens is 2. The van der Waals surface area contributed by atoms with Gasteiger partial charge in [0.05, 0.1) is 27.0 Å². The summed E-state index contributed by atoms with van der Waals surface area (Å²) in [6, 6.07) is 13.0. The van der Waals surface area contributed by atoms with Gasteiger partial charge in [-0.05, 0) is 42.5 Å². The largest absolute Gasteiger partial charge is 0.497 e. The summed E-state index contributed by atoms with van der Waals surface area (Å²) in [5.74, 6) is 1.41. The maximum absolute atomic E-state index is 12.9. The predicted octanol–water partition coefficient (Wildman–Crippen LogP) is 4.52. The average Bonchev–Trinajstić information content (AvgIpc) is 2.79. The number of para-hydroxylation sites is 1. The highest BCUT2D eigenvalue weighted by atomic mass is 32.2. The number of carbonyl (C=O) groups excluding carboxylic acids is 1. The molecule has 2 aromatic carbocycles. The van der Waals surface area contributed by atoms with Gasteiger partial charge in [-0.1, -0.05) is 30.0 Å². The van der Waals surface area contributed by atoms with Crippen molar-refractivity contribution in [1.82, 2.24) is 15.0 Å². The Bertz CT molecular complexity index is 1070. The zero-order valence-electron chi connectivity index (χ0n) is 18.6. The molecule has 9 heteroatoms. The summed E-state index contributed by atoms with van der Waals surface area (Å²) >= 11 is 1.35. The van der Waals surface area contributed by atoms with Gasteiger partial charge in [0.25, 0.3) is 0 Å². The Labute approximate surface area is 191 Å². The molecule has 0 N–H and O–H groups in total. The van der Waals surface area contributed by atoms with E-state index in [1.54, 1.807) is 27.3 Å². The fourth-order valence-electron chi connectivity index (χ4n) is 2.88. The van der Waals surface area contributed by atoms with Crippen LogP contribution in [0.15, 0.2) is 53.8 Å². The third-order valence-corrected chi connectivity index (χ3v) is 5.05. The van der Waals surface area contributed by atoms with Crippen molar-refractivity contribution in [1.29, 1.82) is 0 Å². The molecule has 0 aliphatic carbocycles. The molecule has 1 aromatic heterocycles. The lowest BCUT2D eigenvalue weighted by atomic mass is 10.2. The van der Waals surface area contributed by atoms with Gasteiger partial charge in [-0.3, -0.25) is 0 Å². The first-order valence-corrected chi connectivity index (χ1v) is 11.0. The lowest BCUT2D eigenvalue weighted by Gasteiger charge is -2.18. The van der Waals surface area contributed by atoms with Gasteiger partial charge in [-0.25, -0.2) is 9.78 Å². The molecule has 0 amide bonds. The number of carbonyl (C=O) groups is 1. The Hall–Kier alpha value is -3.30. The molecule has 0 aliphatic heterocycles. The number of aryl methyl sites for hydroxylation is 1. The first-order valence-electron chi connectivity index (χ1n) is 9.73. The Kier molecular flexibility index (Phi) is 7.91. The number of rotatable bonds is 9. The van der Waals surface area contributed by atoms with Crippen molar-refractivity contribution >= 4 is 17.7 Å². The molecule has 0 bridgehead atoms. The number of benzene rings is 2. The van der Waals surface area contributed by atoms with Crippen molar-refractivity contribution in [3.63, 3.8) is 0 Å². The van der Waals surface area contributed by atoms with E-state index in [0.29, 0.717) is 28.9 Å². The molecule has 0 saturated heterocycles. The highest BCUT2D eigenvalue weighted by Crippen LogP contribution is 2.28. The minimum absolute atomic E-state index is 0.126. The highest BCUT2D eigenvalue weighted by Gasteiger charge is 2.21. The molecule has 0 unspecified atom stereocenters. The molecule has 0 fully saturated rings. The summed E-state index contributed by atoms with van der Waals surface area (Å²) < 4.78 is 16.5. The lowest BCUT2D eigenvalue weighted by molar-refractivity contribution is -0.0968. The van der Waals surface area contributed by atoms with Crippen LogP contribution in [0.4, 0.5) is 0 Å². The molecular formula is C23H25N3O5S. The van der Waals surface area contributed by atoms with Crippen molar-refractivity contribution in [2.24, 2.45) is 0 Å². The number of thioether (sulfide) groups is 1. The number of methoxy groups -OCH3 is 2. The van der Waals surface area contributed by atoms with Gasteiger partial charge in [0.2, 0.25) is 5.88 Å². The fourth-order valence-corrected chi connectivity index (χ4v) is 3.21. The van der Waals surface area contributed by atoms with Crippen LogP contribution in [0.2, 0.25) is 0 Å². The first-order chi connectivity index (χ1) is 15.4. The lowest BCUT2D eigenvalue weighted by Crippen LogP contribution is -2.23. The average molecular weight is 456 g/mol. The number of ether oxygens (including phenoxy) is 3. The van der Waals surface area contributed by atoms with E-state index in [1.807, 2.05) is 49.6 Å². The van der Waals surface area contributed by atoms with E-state index in [1.165, 1.54) is 23.0 Å². The molecule has 0 saturated carbocycles. The molecule has 3 aromatic rings. The van der Waals surface area contributed by atoms with Crippen molar-refractivity contribution < 1.29 is 23.8 Å². The smallest absolute Gasteiger partial charge is 0.364 e.